The maximum atomic E-state index is 11.7. The van der Waals surface area contributed by atoms with Crippen molar-refractivity contribution in [2.45, 2.75) is 142 Å². The van der Waals surface area contributed by atoms with Crippen molar-refractivity contribution in [3.63, 3.8) is 0 Å². The minimum atomic E-state index is -1.49. The second-order valence-electron chi connectivity index (χ2n) is 15.2. The van der Waals surface area contributed by atoms with E-state index in [1.807, 2.05) is 0 Å². The molecule has 1 aliphatic heterocycles. The maximum absolute atomic E-state index is 11.7. The van der Waals surface area contributed by atoms with Crippen LogP contribution < -0.4 is 0 Å². The van der Waals surface area contributed by atoms with Gasteiger partial charge in [0.1, 0.15) is 36.3 Å². The van der Waals surface area contributed by atoms with E-state index in [0.29, 0.717) is 36.5 Å². The van der Waals surface area contributed by atoms with E-state index in [-0.39, 0.29) is 28.6 Å². The molecule has 0 aromatic rings. The number of aliphatic hydroxyl groups is 6. The van der Waals surface area contributed by atoms with Crippen LogP contribution in [0.3, 0.4) is 0 Å². The summed E-state index contributed by atoms with van der Waals surface area (Å²) in [6.45, 7) is 11.3. The lowest BCUT2D eigenvalue weighted by atomic mass is 9.46. The van der Waals surface area contributed by atoms with Crippen LogP contribution in [0.4, 0.5) is 0 Å². The van der Waals surface area contributed by atoms with Gasteiger partial charge in [-0.05, 0) is 96.9 Å². The first-order valence-electron chi connectivity index (χ1n) is 16.4. The second-order valence-corrected chi connectivity index (χ2v) is 15.2. The van der Waals surface area contributed by atoms with Crippen LogP contribution >= 0.6 is 0 Å². The van der Waals surface area contributed by atoms with Gasteiger partial charge in [0.2, 0.25) is 0 Å². The van der Waals surface area contributed by atoms with E-state index < -0.39 is 43.4 Å². The molecule has 1 saturated heterocycles. The van der Waals surface area contributed by atoms with Crippen LogP contribution in [0, 0.1) is 46.3 Å². The molecule has 4 fully saturated rings. The summed E-state index contributed by atoms with van der Waals surface area (Å²) in [5, 5.41) is 63.6. The summed E-state index contributed by atoms with van der Waals surface area (Å²) in [4.78, 5) is 0. The molecule has 41 heavy (non-hydrogen) atoms. The summed E-state index contributed by atoms with van der Waals surface area (Å²) < 4.78 is 11.7. The van der Waals surface area contributed by atoms with Crippen molar-refractivity contribution in [2.75, 3.05) is 6.61 Å². The molecular weight excluding hydrogens is 524 g/mol. The van der Waals surface area contributed by atoms with Crippen LogP contribution in [-0.2, 0) is 9.47 Å². The average molecular weight is 581 g/mol. The highest BCUT2D eigenvalue weighted by atomic mass is 16.7. The first kappa shape index (κ1) is 31.7. The molecule has 0 aromatic carbocycles. The summed E-state index contributed by atoms with van der Waals surface area (Å²) in [6, 6.07) is 0. The number of hydrogen-bond acceptors (Lipinski definition) is 8. The molecule has 0 bridgehead atoms. The highest BCUT2D eigenvalue weighted by Gasteiger charge is 2.63. The first-order valence-corrected chi connectivity index (χ1v) is 16.4. The van der Waals surface area contributed by atoms with Crippen LogP contribution in [-0.4, -0.2) is 80.2 Å². The lowest BCUT2D eigenvalue weighted by molar-refractivity contribution is -0.313. The molecule has 6 N–H and O–H groups in total. The monoisotopic (exact) mass is 580 g/mol. The molecule has 4 aliphatic carbocycles. The van der Waals surface area contributed by atoms with Gasteiger partial charge in [0.05, 0.1) is 12.7 Å². The Morgan fingerprint density at radius 2 is 1.63 bits per heavy atom. The zero-order chi connectivity index (χ0) is 29.9. The zero-order valence-electron chi connectivity index (χ0n) is 25.8. The summed E-state index contributed by atoms with van der Waals surface area (Å²) >= 11 is 0. The highest BCUT2D eigenvalue weighted by molar-refractivity contribution is 5.31. The largest absolute Gasteiger partial charge is 0.510 e. The van der Waals surface area contributed by atoms with Crippen molar-refractivity contribution in [2.24, 2.45) is 46.3 Å². The fourth-order valence-corrected chi connectivity index (χ4v) is 10.2. The Hall–Kier alpha value is -0.740. The molecular formula is C33H56O8. The molecule has 0 radical (unpaired) electrons. The van der Waals surface area contributed by atoms with Crippen LogP contribution in [0.1, 0.15) is 98.8 Å². The standard InChI is InChI=1S/C33H56O8/c1-17(2)7-6-8-18(3)20-9-10-21-25-22(12-14-32(20,21)4)33(5)13-11-19(15-23(33)26(35)28(25)37)40-31-30(39)29(38)27(36)24(16-34)41-31/h17-22,24-25,27-31,34-39H,6-16H2,1-5H3/t18-,19+,20-,21+,22+,24-,25+,27-,28?,29+,30+,31+,32-,33-/m1/s1. The van der Waals surface area contributed by atoms with Gasteiger partial charge < -0.3 is 40.1 Å². The maximum Gasteiger partial charge on any atom is 0.186 e. The Morgan fingerprint density at radius 3 is 2.32 bits per heavy atom. The van der Waals surface area contributed by atoms with Crippen molar-refractivity contribution in [3.05, 3.63) is 11.3 Å². The van der Waals surface area contributed by atoms with Crippen molar-refractivity contribution < 1.29 is 40.1 Å². The van der Waals surface area contributed by atoms with Crippen molar-refractivity contribution in [1.82, 2.24) is 0 Å². The lowest BCUT2D eigenvalue weighted by Gasteiger charge is -2.60. The predicted octanol–water partition coefficient (Wildman–Crippen LogP) is 4.07. The molecule has 14 atom stereocenters. The van der Waals surface area contributed by atoms with Crippen LogP contribution in [0.2, 0.25) is 0 Å². The molecule has 5 aliphatic rings. The van der Waals surface area contributed by atoms with E-state index in [1.165, 1.54) is 32.1 Å². The summed E-state index contributed by atoms with van der Waals surface area (Å²) in [6.07, 6.45) is 2.40. The fraction of sp³-hybridized carbons (Fsp3) is 0.939. The summed E-state index contributed by atoms with van der Waals surface area (Å²) in [7, 11) is 0. The third kappa shape index (κ3) is 5.42. The van der Waals surface area contributed by atoms with E-state index in [4.69, 9.17) is 9.47 Å². The normalized spacial score (nSPS) is 49.0. The van der Waals surface area contributed by atoms with E-state index in [2.05, 4.69) is 34.6 Å². The molecule has 0 aromatic heterocycles. The van der Waals surface area contributed by atoms with Gasteiger partial charge in [-0.2, -0.15) is 0 Å². The molecule has 236 valence electrons. The average Bonchev–Trinajstić information content (AvgIpc) is 3.29. The highest BCUT2D eigenvalue weighted by Crippen LogP contribution is 2.68. The predicted molar refractivity (Wildman–Crippen MR) is 155 cm³/mol. The summed E-state index contributed by atoms with van der Waals surface area (Å²) in [5.41, 5.74) is 0.815. The first-order chi connectivity index (χ1) is 19.3. The number of aliphatic hydroxyl groups excluding tert-OH is 6. The topological polar surface area (TPSA) is 140 Å². The van der Waals surface area contributed by atoms with Crippen molar-refractivity contribution >= 4 is 0 Å². The molecule has 8 heteroatoms. The molecule has 0 amide bonds. The van der Waals surface area contributed by atoms with Crippen LogP contribution in [0.25, 0.3) is 0 Å². The zero-order valence-corrected chi connectivity index (χ0v) is 25.8. The number of rotatable bonds is 8. The van der Waals surface area contributed by atoms with Crippen LogP contribution in [0.15, 0.2) is 11.3 Å². The van der Waals surface area contributed by atoms with Gasteiger partial charge in [-0.25, -0.2) is 0 Å². The lowest BCUT2D eigenvalue weighted by Crippen LogP contribution is -2.60. The van der Waals surface area contributed by atoms with Gasteiger partial charge in [-0.3, -0.25) is 0 Å². The van der Waals surface area contributed by atoms with Crippen molar-refractivity contribution in [3.8, 4) is 0 Å². The molecule has 8 nitrogen and oxygen atoms in total. The van der Waals surface area contributed by atoms with Gasteiger partial charge in [0, 0.05) is 0 Å². The Balaban J connectivity index is 1.31. The van der Waals surface area contributed by atoms with Crippen molar-refractivity contribution in [1.29, 1.82) is 0 Å². The number of hydrogen-bond donors (Lipinski definition) is 6. The number of ether oxygens (including phenoxy) is 2. The van der Waals surface area contributed by atoms with Crippen LogP contribution in [0.5, 0.6) is 0 Å². The minimum absolute atomic E-state index is 0.0540. The molecule has 5 rings (SSSR count). The Labute approximate surface area is 246 Å². The van der Waals surface area contributed by atoms with Gasteiger partial charge in [0.15, 0.2) is 6.29 Å². The van der Waals surface area contributed by atoms with Gasteiger partial charge >= 0.3 is 0 Å². The molecule has 1 heterocycles. The van der Waals surface area contributed by atoms with E-state index in [1.54, 1.807) is 0 Å². The van der Waals surface area contributed by atoms with E-state index in [9.17, 15) is 30.6 Å². The minimum Gasteiger partial charge on any atom is -0.510 e. The SMILES string of the molecule is CC(C)CCC[C@@H](C)[C@H]1CC[C@H]2[C@@H]3C(O)C(O)=C4C[C@@H](O[C@H]5O[C@H](CO)[C@@H](O)[C@H](O)[C@@H]5O)CC[C@]4(C)[C@H]3CC[C@]12C. The second kappa shape index (κ2) is 12.0. The third-order valence-corrected chi connectivity index (χ3v) is 12.6. The molecule has 0 spiro atoms. The van der Waals surface area contributed by atoms with E-state index >= 15 is 0 Å². The molecule has 1 unspecified atom stereocenters. The molecule has 3 saturated carbocycles. The van der Waals surface area contributed by atoms with Gasteiger partial charge in [0.25, 0.3) is 0 Å². The Morgan fingerprint density at radius 1 is 0.902 bits per heavy atom. The Bertz CT molecular complexity index is 952. The quantitative estimate of drug-likeness (QED) is 0.253. The summed E-state index contributed by atoms with van der Waals surface area (Å²) in [5.74, 6) is 2.93. The Kier molecular flexibility index (Phi) is 9.26. The van der Waals surface area contributed by atoms with Gasteiger partial charge in [-0.1, -0.05) is 53.9 Å². The third-order valence-electron chi connectivity index (χ3n) is 12.6. The van der Waals surface area contributed by atoms with Gasteiger partial charge in [-0.15, -0.1) is 0 Å². The fourth-order valence-electron chi connectivity index (χ4n) is 10.2. The number of fused-ring (bicyclic) bond motifs is 5. The smallest absolute Gasteiger partial charge is 0.186 e. The van der Waals surface area contributed by atoms with E-state index in [0.717, 1.165) is 30.8 Å².